The van der Waals surface area contributed by atoms with Gasteiger partial charge >= 0.3 is 0 Å². The van der Waals surface area contributed by atoms with Crippen molar-refractivity contribution in [2.24, 2.45) is 0 Å². The van der Waals surface area contributed by atoms with Crippen LogP contribution in [0.5, 0.6) is 0 Å². The van der Waals surface area contributed by atoms with Crippen LogP contribution in [0.25, 0.3) is 10.6 Å². The maximum absolute atomic E-state index is 12.8. The standard InChI is InChI=1S/C19H21N5O3S3/c1-14-2-4-16(5-3-14)30(26,27)24-9-7-23(8-10-24)12-17(25)20-19-22-21-18(29-19)15-6-11-28-13-15/h2-6,11,13H,7-10,12H2,1H3,(H,20,22,25). The van der Waals surface area contributed by atoms with Crippen molar-refractivity contribution in [2.75, 3.05) is 38.0 Å². The summed E-state index contributed by atoms with van der Waals surface area (Å²) < 4.78 is 27.0. The number of carbonyl (C=O) groups excluding carboxylic acids is 1. The zero-order chi connectivity index (χ0) is 21.1. The number of thiophene rings is 1. The SMILES string of the molecule is Cc1ccc(S(=O)(=O)N2CCN(CC(=O)Nc3nnc(-c4ccsc4)s3)CC2)cc1. The maximum atomic E-state index is 12.8. The molecule has 1 aliphatic rings. The second-order valence-electron chi connectivity index (χ2n) is 6.97. The fourth-order valence-corrected chi connectivity index (χ4v) is 6.02. The fraction of sp³-hybridized carbons (Fsp3) is 0.316. The molecular weight excluding hydrogens is 442 g/mol. The van der Waals surface area contributed by atoms with Crippen LogP contribution in [-0.2, 0) is 14.8 Å². The summed E-state index contributed by atoms with van der Waals surface area (Å²) in [7, 11) is -3.51. The Labute approximate surface area is 183 Å². The summed E-state index contributed by atoms with van der Waals surface area (Å²) >= 11 is 2.91. The first-order valence-electron chi connectivity index (χ1n) is 9.37. The molecule has 0 radical (unpaired) electrons. The van der Waals surface area contributed by atoms with Crippen molar-refractivity contribution < 1.29 is 13.2 Å². The lowest BCUT2D eigenvalue weighted by Crippen LogP contribution is -2.50. The highest BCUT2D eigenvalue weighted by Gasteiger charge is 2.29. The maximum Gasteiger partial charge on any atom is 0.243 e. The molecule has 30 heavy (non-hydrogen) atoms. The summed E-state index contributed by atoms with van der Waals surface area (Å²) in [5, 5.41) is 16.1. The molecule has 3 aromatic rings. The van der Waals surface area contributed by atoms with E-state index >= 15 is 0 Å². The van der Waals surface area contributed by atoms with Crippen molar-refractivity contribution in [3.05, 3.63) is 46.7 Å². The van der Waals surface area contributed by atoms with Crippen LogP contribution < -0.4 is 5.32 Å². The second-order valence-corrected chi connectivity index (χ2v) is 10.7. The highest BCUT2D eigenvalue weighted by molar-refractivity contribution is 7.89. The van der Waals surface area contributed by atoms with Gasteiger partial charge in [-0.2, -0.15) is 15.6 Å². The zero-order valence-corrected chi connectivity index (χ0v) is 18.8. The molecule has 11 heteroatoms. The van der Waals surface area contributed by atoms with Gasteiger partial charge in [0, 0.05) is 37.1 Å². The van der Waals surface area contributed by atoms with E-state index < -0.39 is 10.0 Å². The van der Waals surface area contributed by atoms with Crippen molar-refractivity contribution in [3.63, 3.8) is 0 Å². The molecule has 1 saturated heterocycles. The second kappa shape index (κ2) is 8.90. The average molecular weight is 464 g/mol. The number of carbonyl (C=O) groups is 1. The van der Waals surface area contributed by atoms with Crippen molar-refractivity contribution in [1.82, 2.24) is 19.4 Å². The Morgan fingerprint density at radius 3 is 2.50 bits per heavy atom. The van der Waals surface area contributed by atoms with Gasteiger partial charge in [-0.3, -0.25) is 15.0 Å². The number of amides is 1. The van der Waals surface area contributed by atoms with E-state index in [0.29, 0.717) is 36.2 Å². The summed E-state index contributed by atoms with van der Waals surface area (Å²) in [4.78, 5) is 14.6. The van der Waals surface area contributed by atoms with E-state index in [9.17, 15) is 13.2 Å². The topological polar surface area (TPSA) is 95.5 Å². The van der Waals surface area contributed by atoms with E-state index in [4.69, 9.17) is 0 Å². The number of hydrogen-bond acceptors (Lipinski definition) is 8. The quantitative estimate of drug-likeness (QED) is 0.604. The normalized spacial score (nSPS) is 15.9. The molecule has 1 fully saturated rings. The number of aromatic nitrogens is 2. The van der Waals surface area contributed by atoms with Crippen LogP contribution in [0, 0.1) is 6.92 Å². The molecule has 0 bridgehead atoms. The van der Waals surface area contributed by atoms with Gasteiger partial charge in [0.05, 0.1) is 11.4 Å². The third kappa shape index (κ3) is 4.76. The summed E-state index contributed by atoms with van der Waals surface area (Å²) in [6.07, 6.45) is 0. The number of nitrogens with zero attached hydrogens (tertiary/aromatic N) is 4. The third-order valence-corrected chi connectivity index (χ3v) is 8.28. The van der Waals surface area contributed by atoms with E-state index in [2.05, 4.69) is 15.5 Å². The first-order valence-corrected chi connectivity index (χ1v) is 12.6. The molecule has 0 spiro atoms. The molecule has 1 aromatic carbocycles. The van der Waals surface area contributed by atoms with Crippen molar-refractivity contribution in [3.8, 4) is 10.6 Å². The number of rotatable bonds is 6. The fourth-order valence-electron chi connectivity index (χ4n) is 3.13. The molecular formula is C19H21N5O3S3. The van der Waals surface area contributed by atoms with Crippen LogP contribution in [0.3, 0.4) is 0 Å². The van der Waals surface area contributed by atoms with Crippen LogP contribution in [0.4, 0.5) is 5.13 Å². The number of nitrogens with one attached hydrogen (secondary N) is 1. The van der Waals surface area contributed by atoms with Crippen LogP contribution >= 0.6 is 22.7 Å². The predicted molar refractivity (Wildman–Crippen MR) is 118 cm³/mol. The number of anilines is 1. The molecule has 1 aliphatic heterocycles. The molecule has 3 heterocycles. The number of benzene rings is 1. The summed E-state index contributed by atoms with van der Waals surface area (Å²) in [5.74, 6) is -0.183. The minimum absolute atomic E-state index is 0.183. The molecule has 4 rings (SSSR count). The van der Waals surface area contributed by atoms with Crippen molar-refractivity contribution in [1.29, 1.82) is 0 Å². The Kier molecular flexibility index (Phi) is 6.25. The molecule has 1 N–H and O–H groups in total. The summed E-state index contributed by atoms with van der Waals surface area (Å²) in [5.41, 5.74) is 2.01. The van der Waals surface area contributed by atoms with Crippen molar-refractivity contribution in [2.45, 2.75) is 11.8 Å². The van der Waals surface area contributed by atoms with E-state index in [-0.39, 0.29) is 12.5 Å². The third-order valence-electron chi connectivity index (χ3n) is 4.80. The summed E-state index contributed by atoms with van der Waals surface area (Å²) in [6, 6.07) is 8.82. The van der Waals surface area contributed by atoms with Gasteiger partial charge in [0.1, 0.15) is 5.01 Å². The first-order chi connectivity index (χ1) is 14.4. The van der Waals surface area contributed by atoms with Gasteiger partial charge in [-0.25, -0.2) is 8.42 Å². The molecule has 158 valence electrons. The van der Waals surface area contributed by atoms with Gasteiger partial charge in [0.25, 0.3) is 0 Å². The largest absolute Gasteiger partial charge is 0.299 e. The molecule has 0 atom stereocenters. The van der Waals surface area contributed by atoms with E-state index in [1.54, 1.807) is 35.6 Å². The number of hydrogen-bond donors (Lipinski definition) is 1. The van der Waals surface area contributed by atoms with Crippen LogP contribution in [0.15, 0.2) is 46.0 Å². The Bertz CT molecular complexity index is 1100. The highest BCUT2D eigenvalue weighted by atomic mass is 32.2. The Morgan fingerprint density at radius 1 is 1.10 bits per heavy atom. The van der Waals surface area contributed by atoms with Gasteiger partial charge in [0.15, 0.2) is 0 Å². The van der Waals surface area contributed by atoms with E-state index in [1.807, 2.05) is 28.7 Å². The van der Waals surface area contributed by atoms with Gasteiger partial charge in [-0.15, -0.1) is 10.2 Å². The first kappa shape index (κ1) is 21.1. The number of piperazine rings is 1. The smallest absolute Gasteiger partial charge is 0.243 e. The van der Waals surface area contributed by atoms with Gasteiger partial charge in [0.2, 0.25) is 21.1 Å². The van der Waals surface area contributed by atoms with Gasteiger partial charge < -0.3 is 0 Å². The molecule has 2 aromatic heterocycles. The molecule has 8 nitrogen and oxygen atoms in total. The lowest BCUT2D eigenvalue weighted by molar-refractivity contribution is -0.117. The zero-order valence-electron chi connectivity index (χ0n) is 16.3. The number of aryl methyl sites for hydroxylation is 1. The summed E-state index contributed by atoms with van der Waals surface area (Å²) in [6.45, 7) is 3.80. The lowest BCUT2D eigenvalue weighted by atomic mass is 10.2. The van der Waals surface area contributed by atoms with Crippen LogP contribution in [0.1, 0.15) is 5.56 Å². The Balaban J connectivity index is 1.29. The van der Waals surface area contributed by atoms with E-state index in [1.165, 1.54) is 15.6 Å². The van der Waals surface area contributed by atoms with Gasteiger partial charge in [-0.05, 0) is 30.5 Å². The monoisotopic (exact) mass is 463 g/mol. The average Bonchev–Trinajstić information content (AvgIpc) is 3.40. The predicted octanol–water partition coefficient (Wildman–Crippen LogP) is 2.52. The highest BCUT2D eigenvalue weighted by Crippen LogP contribution is 2.27. The minimum atomic E-state index is -3.51. The Hall–Kier alpha value is -2.18. The molecule has 1 amide bonds. The lowest BCUT2D eigenvalue weighted by Gasteiger charge is -2.33. The van der Waals surface area contributed by atoms with Gasteiger partial charge in [-0.1, -0.05) is 29.0 Å². The minimum Gasteiger partial charge on any atom is -0.299 e. The molecule has 0 unspecified atom stereocenters. The van der Waals surface area contributed by atoms with Crippen molar-refractivity contribution >= 4 is 43.7 Å². The van der Waals surface area contributed by atoms with Crippen LogP contribution in [-0.4, -0.2) is 66.5 Å². The molecule has 0 saturated carbocycles. The molecule has 0 aliphatic carbocycles. The number of sulfonamides is 1. The Morgan fingerprint density at radius 2 is 1.83 bits per heavy atom. The van der Waals surface area contributed by atoms with E-state index in [0.717, 1.165) is 16.1 Å². The van der Waals surface area contributed by atoms with Crippen LogP contribution in [0.2, 0.25) is 0 Å².